The summed E-state index contributed by atoms with van der Waals surface area (Å²) in [4.78, 5) is 7.58. The summed E-state index contributed by atoms with van der Waals surface area (Å²) < 4.78 is 82.7. The molecule has 2 rings (SSSR count). The molecule has 0 aliphatic carbocycles. The van der Waals surface area contributed by atoms with E-state index in [0.717, 1.165) is 12.4 Å². The number of rotatable bonds is 8. The van der Waals surface area contributed by atoms with Crippen molar-refractivity contribution < 1.29 is 31.1 Å². The first-order valence-electron chi connectivity index (χ1n) is 8.16. The fraction of sp³-hybridized carbons (Fsp3) is 0.412. The Morgan fingerprint density at radius 2 is 1.93 bits per heavy atom. The van der Waals surface area contributed by atoms with Gasteiger partial charge in [-0.2, -0.15) is 13.2 Å². The fourth-order valence-corrected chi connectivity index (χ4v) is 3.51. The van der Waals surface area contributed by atoms with E-state index in [2.05, 4.69) is 31.2 Å². The highest BCUT2D eigenvalue weighted by atomic mass is 79.9. The van der Waals surface area contributed by atoms with Gasteiger partial charge in [0.15, 0.2) is 11.6 Å². The van der Waals surface area contributed by atoms with E-state index in [1.807, 2.05) is 0 Å². The molecule has 0 aliphatic rings. The average molecular weight is 504 g/mol. The van der Waals surface area contributed by atoms with Crippen LogP contribution in [0.15, 0.2) is 27.8 Å². The Balaban J connectivity index is 2.05. The van der Waals surface area contributed by atoms with E-state index in [0.29, 0.717) is 17.3 Å². The number of nitrogens with one attached hydrogen (secondary N) is 1. The highest BCUT2D eigenvalue weighted by Crippen LogP contribution is 2.34. The van der Waals surface area contributed by atoms with E-state index >= 15 is 0 Å². The molecule has 1 unspecified atom stereocenters. The second-order valence-corrected chi connectivity index (χ2v) is 7.79. The number of alkyl halides is 5. The van der Waals surface area contributed by atoms with Gasteiger partial charge in [0.25, 0.3) is 6.43 Å². The number of hydrogen-bond donors (Lipinski definition) is 1. The Bertz CT molecular complexity index is 853. The number of aryl methyl sites for hydroxylation is 1. The maximum Gasteiger partial charge on any atom is 0.398 e. The molecule has 1 aromatic carbocycles. The van der Waals surface area contributed by atoms with E-state index in [-0.39, 0.29) is 27.5 Å². The smallest absolute Gasteiger partial charge is 0.398 e. The quantitative estimate of drug-likeness (QED) is 0.345. The third-order valence-electron chi connectivity index (χ3n) is 3.53. The Hall–Kier alpha value is -1.69. The van der Waals surface area contributed by atoms with E-state index in [9.17, 15) is 26.3 Å². The Labute approximate surface area is 175 Å². The number of halogens is 7. The normalized spacial score (nSPS) is 12.9. The van der Waals surface area contributed by atoms with Gasteiger partial charge in [-0.15, -0.1) is 11.8 Å². The van der Waals surface area contributed by atoms with Gasteiger partial charge in [0.05, 0.1) is 16.8 Å². The van der Waals surface area contributed by atoms with Crippen LogP contribution in [0.1, 0.15) is 24.6 Å². The minimum atomic E-state index is -4.36. The van der Waals surface area contributed by atoms with Crippen molar-refractivity contribution in [3.05, 3.63) is 40.0 Å². The molecule has 160 valence electrons. The maximum atomic E-state index is 14.1. The molecule has 2 aromatic rings. The molecule has 1 heterocycles. The van der Waals surface area contributed by atoms with Crippen molar-refractivity contribution in [1.82, 2.24) is 9.97 Å². The zero-order chi connectivity index (χ0) is 21.8. The molecular weight excluding hydrogens is 488 g/mol. The molecule has 1 N–H and O–H groups in total. The number of hydrogen-bond acceptors (Lipinski definition) is 5. The Morgan fingerprint density at radius 3 is 2.55 bits per heavy atom. The number of aromatic nitrogens is 2. The molecule has 12 heteroatoms. The van der Waals surface area contributed by atoms with Gasteiger partial charge in [0.1, 0.15) is 23.9 Å². The largest absolute Gasteiger partial charge is 0.486 e. The first-order valence-corrected chi connectivity index (χ1v) is 9.94. The van der Waals surface area contributed by atoms with Crippen molar-refractivity contribution in [2.75, 3.05) is 17.6 Å². The predicted octanol–water partition coefficient (Wildman–Crippen LogP) is 6.16. The summed E-state index contributed by atoms with van der Waals surface area (Å²) in [6.07, 6.45) is -6.82. The molecule has 0 amide bonds. The van der Waals surface area contributed by atoms with Crippen LogP contribution in [0.3, 0.4) is 0 Å². The van der Waals surface area contributed by atoms with Crippen LogP contribution < -0.4 is 10.1 Å². The first-order chi connectivity index (χ1) is 13.5. The van der Waals surface area contributed by atoms with Crippen LogP contribution in [0.5, 0.6) is 5.75 Å². The molecule has 4 nitrogen and oxygen atoms in total. The standard InChI is InChI=1S/C17H16BrF6N3OS/c1-8-3-10(19)11(4-12(8)29-6-17(22,23)24)28-9(2)5-25-16-13(18)14(15(20)21)26-7-27-16/h3-4,7,9,15H,5-6H2,1-2H3,(H,25,26,27). The lowest BCUT2D eigenvalue weighted by atomic mass is 10.2. The van der Waals surface area contributed by atoms with Crippen molar-refractivity contribution in [1.29, 1.82) is 0 Å². The predicted molar refractivity (Wildman–Crippen MR) is 101 cm³/mol. The third-order valence-corrected chi connectivity index (χ3v) is 5.53. The zero-order valence-electron chi connectivity index (χ0n) is 15.2. The minimum absolute atomic E-state index is 0.00504. The van der Waals surface area contributed by atoms with Crippen molar-refractivity contribution in [3.63, 3.8) is 0 Å². The molecule has 29 heavy (non-hydrogen) atoms. The molecule has 0 bridgehead atoms. The third kappa shape index (κ3) is 6.95. The molecule has 0 spiro atoms. The SMILES string of the molecule is Cc1cc(F)c(OC(C)CNc2ncnc(C(F)F)c2Br)cc1SCC(F)(F)F. The first kappa shape index (κ1) is 23.6. The molecular formula is C17H16BrF6N3OS. The average Bonchev–Trinajstić information content (AvgIpc) is 2.61. The lowest BCUT2D eigenvalue weighted by Gasteiger charge is -2.18. The topological polar surface area (TPSA) is 47.0 Å². The summed E-state index contributed by atoms with van der Waals surface area (Å²) in [5, 5.41) is 2.79. The van der Waals surface area contributed by atoms with Crippen LogP contribution in [-0.2, 0) is 0 Å². The Morgan fingerprint density at radius 1 is 1.24 bits per heavy atom. The van der Waals surface area contributed by atoms with E-state index in [1.165, 1.54) is 13.0 Å². The molecule has 1 aromatic heterocycles. The van der Waals surface area contributed by atoms with Crippen LogP contribution in [0.25, 0.3) is 0 Å². The van der Waals surface area contributed by atoms with E-state index in [1.54, 1.807) is 6.92 Å². The number of anilines is 1. The van der Waals surface area contributed by atoms with Crippen LogP contribution in [0.4, 0.5) is 32.2 Å². The number of thioether (sulfide) groups is 1. The summed E-state index contributed by atoms with van der Waals surface area (Å²) >= 11 is 3.54. The van der Waals surface area contributed by atoms with Gasteiger partial charge in [-0.1, -0.05) is 0 Å². The number of nitrogens with zero attached hydrogens (tertiary/aromatic N) is 2. The van der Waals surface area contributed by atoms with Crippen LogP contribution in [-0.4, -0.2) is 34.5 Å². The van der Waals surface area contributed by atoms with Crippen molar-refractivity contribution in [2.24, 2.45) is 0 Å². The van der Waals surface area contributed by atoms with E-state index in [4.69, 9.17) is 4.74 Å². The maximum absolute atomic E-state index is 14.1. The second kappa shape index (κ2) is 9.88. The zero-order valence-corrected chi connectivity index (χ0v) is 17.6. The van der Waals surface area contributed by atoms with Crippen LogP contribution >= 0.6 is 27.7 Å². The van der Waals surface area contributed by atoms with Gasteiger partial charge in [-0.3, -0.25) is 0 Å². The van der Waals surface area contributed by atoms with Crippen molar-refractivity contribution >= 4 is 33.5 Å². The Kier molecular flexibility index (Phi) is 8.03. The van der Waals surface area contributed by atoms with Crippen molar-refractivity contribution in [2.45, 2.75) is 37.4 Å². The van der Waals surface area contributed by atoms with Gasteiger partial charge in [-0.05, 0) is 47.5 Å². The fourth-order valence-electron chi connectivity index (χ4n) is 2.20. The number of ether oxygens (including phenoxy) is 1. The van der Waals surface area contributed by atoms with Gasteiger partial charge >= 0.3 is 6.18 Å². The van der Waals surface area contributed by atoms with Crippen LogP contribution in [0.2, 0.25) is 0 Å². The summed E-state index contributed by atoms with van der Waals surface area (Å²) in [6.45, 7) is 3.15. The molecule has 1 atom stereocenters. The molecule has 0 aliphatic heterocycles. The van der Waals surface area contributed by atoms with Crippen molar-refractivity contribution in [3.8, 4) is 5.75 Å². The van der Waals surface area contributed by atoms with Gasteiger partial charge in [0.2, 0.25) is 0 Å². The minimum Gasteiger partial charge on any atom is -0.486 e. The van der Waals surface area contributed by atoms with Gasteiger partial charge < -0.3 is 10.1 Å². The number of benzene rings is 1. The molecule has 0 radical (unpaired) electrons. The summed E-state index contributed by atoms with van der Waals surface area (Å²) in [6, 6.07) is 2.32. The summed E-state index contributed by atoms with van der Waals surface area (Å²) in [5.41, 5.74) is -0.119. The highest BCUT2D eigenvalue weighted by molar-refractivity contribution is 9.10. The summed E-state index contributed by atoms with van der Waals surface area (Å²) in [5.74, 6) is -1.92. The summed E-state index contributed by atoms with van der Waals surface area (Å²) in [7, 11) is 0. The molecule has 0 saturated heterocycles. The lowest BCUT2D eigenvalue weighted by Crippen LogP contribution is -2.24. The molecule has 0 fully saturated rings. The highest BCUT2D eigenvalue weighted by Gasteiger charge is 2.28. The molecule has 0 saturated carbocycles. The lowest BCUT2D eigenvalue weighted by molar-refractivity contribution is -0.105. The second-order valence-electron chi connectivity index (χ2n) is 5.98. The van der Waals surface area contributed by atoms with Crippen LogP contribution in [0, 0.1) is 12.7 Å². The van der Waals surface area contributed by atoms with Gasteiger partial charge in [-0.25, -0.2) is 23.1 Å². The van der Waals surface area contributed by atoms with E-state index < -0.39 is 36.0 Å². The monoisotopic (exact) mass is 503 g/mol. The van der Waals surface area contributed by atoms with Gasteiger partial charge in [0, 0.05) is 4.90 Å².